The Morgan fingerprint density at radius 2 is 2.06 bits per heavy atom. The van der Waals surface area contributed by atoms with Crippen LogP contribution in [0.15, 0.2) is 5.11 Å². The summed E-state index contributed by atoms with van der Waals surface area (Å²) in [5.74, 6) is 0.557. The smallest absolute Gasteiger partial charge is 0.135 e. The summed E-state index contributed by atoms with van der Waals surface area (Å²) in [5.41, 5.74) is 8.46. The SMILES string of the molecule is [N-]=[N+]=NC1(CC2CCCC2=O)CCCCC1. The molecule has 0 aromatic rings. The van der Waals surface area contributed by atoms with Crippen molar-refractivity contribution in [2.45, 2.75) is 63.3 Å². The van der Waals surface area contributed by atoms with Crippen LogP contribution in [0.2, 0.25) is 0 Å². The van der Waals surface area contributed by atoms with Gasteiger partial charge in [0, 0.05) is 22.8 Å². The van der Waals surface area contributed by atoms with Crippen molar-refractivity contribution in [2.24, 2.45) is 11.0 Å². The predicted molar refractivity (Wildman–Crippen MR) is 61.9 cm³/mol. The molecule has 0 radical (unpaired) electrons. The summed E-state index contributed by atoms with van der Waals surface area (Å²) < 4.78 is 0. The molecule has 0 bridgehead atoms. The largest absolute Gasteiger partial charge is 0.299 e. The second kappa shape index (κ2) is 4.88. The molecule has 0 spiro atoms. The summed E-state index contributed by atoms with van der Waals surface area (Å²) in [7, 11) is 0. The van der Waals surface area contributed by atoms with Crippen molar-refractivity contribution in [2.75, 3.05) is 0 Å². The van der Waals surface area contributed by atoms with Gasteiger partial charge in [0.1, 0.15) is 5.78 Å². The summed E-state index contributed by atoms with van der Waals surface area (Å²) >= 11 is 0. The highest BCUT2D eigenvalue weighted by Crippen LogP contribution is 2.40. The zero-order valence-electron chi connectivity index (χ0n) is 9.69. The Labute approximate surface area is 96.0 Å². The average molecular weight is 221 g/mol. The molecule has 2 saturated carbocycles. The molecule has 0 N–H and O–H groups in total. The maximum Gasteiger partial charge on any atom is 0.135 e. The first-order chi connectivity index (χ1) is 7.76. The van der Waals surface area contributed by atoms with E-state index in [9.17, 15) is 4.79 Å². The van der Waals surface area contributed by atoms with Gasteiger partial charge in [-0.2, -0.15) is 0 Å². The Morgan fingerprint density at radius 3 is 2.62 bits per heavy atom. The maximum atomic E-state index is 11.7. The van der Waals surface area contributed by atoms with E-state index in [1.165, 1.54) is 6.42 Å². The molecule has 1 atom stereocenters. The van der Waals surface area contributed by atoms with Gasteiger partial charge in [0.15, 0.2) is 0 Å². The highest BCUT2D eigenvalue weighted by Gasteiger charge is 2.37. The Hall–Kier alpha value is -1.02. The van der Waals surface area contributed by atoms with Crippen LogP contribution in [0, 0.1) is 5.92 Å². The molecular formula is C12H19N3O. The van der Waals surface area contributed by atoms with Crippen molar-refractivity contribution in [1.82, 2.24) is 0 Å². The Bertz CT molecular complexity index is 314. The van der Waals surface area contributed by atoms with Crippen molar-refractivity contribution in [1.29, 1.82) is 0 Å². The normalized spacial score (nSPS) is 28.8. The van der Waals surface area contributed by atoms with Crippen LogP contribution >= 0.6 is 0 Å². The van der Waals surface area contributed by atoms with Crippen molar-refractivity contribution in [3.63, 3.8) is 0 Å². The summed E-state index contributed by atoms with van der Waals surface area (Å²) in [6, 6.07) is 0. The first kappa shape index (κ1) is 11.5. The monoisotopic (exact) mass is 221 g/mol. The average Bonchev–Trinajstić information content (AvgIpc) is 2.66. The lowest BCUT2D eigenvalue weighted by molar-refractivity contribution is -0.121. The fraction of sp³-hybridized carbons (Fsp3) is 0.917. The molecule has 1 unspecified atom stereocenters. The van der Waals surface area contributed by atoms with Gasteiger partial charge in [0.05, 0.1) is 0 Å². The van der Waals surface area contributed by atoms with Gasteiger partial charge in [-0.25, -0.2) is 0 Å². The van der Waals surface area contributed by atoms with E-state index in [2.05, 4.69) is 10.0 Å². The van der Waals surface area contributed by atoms with E-state index in [0.717, 1.165) is 51.4 Å². The van der Waals surface area contributed by atoms with E-state index in [1.54, 1.807) is 0 Å². The number of Topliss-reactive ketones (excluding diaryl/α,β-unsaturated/α-hetero) is 1. The molecule has 0 aromatic heterocycles. The van der Waals surface area contributed by atoms with Crippen molar-refractivity contribution < 1.29 is 4.79 Å². The summed E-state index contributed by atoms with van der Waals surface area (Å²) in [6.07, 6.45) is 9.02. The highest BCUT2D eigenvalue weighted by molar-refractivity contribution is 5.82. The van der Waals surface area contributed by atoms with E-state index < -0.39 is 0 Å². The van der Waals surface area contributed by atoms with Crippen LogP contribution in [-0.2, 0) is 4.79 Å². The van der Waals surface area contributed by atoms with Gasteiger partial charge in [-0.05, 0) is 37.6 Å². The zero-order valence-corrected chi connectivity index (χ0v) is 9.69. The fourth-order valence-electron chi connectivity index (χ4n) is 3.21. The molecule has 0 heterocycles. The highest BCUT2D eigenvalue weighted by atomic mass is 16.1. The minimum atomic E-state index is -0.238. The molecule has 2 fully saturated rings. The topological polar surface area (TPSA) is 65.8 Å². The lowest BCUT2D eigenvalue weighted by Crippen LogP contribution is -2.32. The minimum Gasteiger partial charge on any atom is -0.299 e. The third-order valence-corrected chi connectivity index (χ3v) is 4.10. The molecule has 0 amide bonds. The minimum absolute atomic E-state index is 0.170. The number of azide groups is 1. The summed E-state index contributed by atoms with van der Waals surface area (Å²) in [4.78, 5) is 14.7. The Morgan fingerprint density at radius 1 is 1.31 bits per heavy atom. The molecule has 2 aliphatic rings. The number of hydrogen-bond donors (Lipinski definition) is 0. The fourth-order valence-corrected chi connectivity index (χ4v) is 3.21. The molecule has 0 aromatic carbocycles. The van der Waals surface area contributed by atoms with Gasteiger partial charge in [0.25, 0.3) is 0 Å². The van der Waals surface area contributed by atoms with E-state index in [-0.39, 0.29) is 11.5 Å². The third kappa shape index (κ3) is 2.38. The van der Waals surface area contributed by atoms with Gasteiger partial charge in [-0.15, -0.1) is 0 Å². The quantitative estimate of drug-likeness (QED) is 0.406. The van der Waals surface area contributed by atoms with Crippen LogP contribution in [0.3, 0.4) is 0 Å². The summed E-state index contributed by atoms with van der Waals surface area (Å²) in [6.45, 7) is 0. The molecule has 2 aliphatic carbocycles. The van der Waals surface area contributed by atoms with Crippen molar-refractivity contribution in [3.05, 3.63) is 10.4 Å². The van der Waals surface area contributed by atoms with Crippen LogP contribution in [0.1, 0.15) is 57.8 Å². The van der Waals surface area contributed by atoms with Crippen LogP contribution in [-0.4, -0.2) is 11.3 Å². The Kier molecular flexibility index (Phi) is 3.49. The second-order valence-electron chi connectivity index (χ2n) is 5.23. The molecule has 16 heavy (non-hydrogen) atoms. The molecule has 4 nitrogen and oxygen atoms in total. The molecule has 4 heteroatoms. The Balaban J connectivity index is 2.06. The first-order valence-electron chi connectivity index (χ1n) is 6.35. The number of nitrogens with zero attached hydrogens (tertiary/aromatic N) is 3. The van der Waals surface area contributed by atoms with E-state index >= 15 is 0 Å². The molecule has 2 rings (SSSR count). The van der Waals surface area contributed by atoms with Gasteiger partial charge in [0.2, 0.25) is 0 Å². The van der Waals surface area contributed by atoms with Crippen LogP contribution in [0.25, 0.3) is 10.4 Å². The van der Waals surface area contributed by atoms with E-state index in [1.807, 2.05) is 0 Å². The van der Waals surface area contributed by atoms with E-state index in [4.69, 9.17) is 5.53 Å². The number of carbonyl (C=O) groups is 1. The van der Waals surface area contributed by atoms with Crippen LogP contribution in [0.5, 0.6) is 0 Å². The molecule has 0 saturated heterocycles. The molecule has 88 valence electrons. The third-order valence-electron chi connectivity index (χ3n) is 4.10. The molecular weight excluding hydrogens is 202 g/mol. The lowest BCUT2D eigenvalue weighted by Gasteiger charge is -2.34. The van der Waals surface area contributed by atoms with Gasteiger partial charge in [-0.1, -0.05) is 24.4 Å². The van der Waals surface area contributed by atoms with Gasteiger partial charge in [-0.3, -0.25) is 4.79 Å². The van der Waals surface area contributed by atoms with Crippen molar-refractivity contribution in [3.8, 4) is 0 Å². The first-order valence-corrected chi connectivity index (χ1v) is 6.35. The number of carbonyl (C=O) groups excluding carboxylic acids is 1. The zero-order chi connectivity index (χ0) is 11.4. The lowest BCUT2D eigenvalue weighted by atomic mass is 9.76. The van der Waals surface area contributed by atoms with Crippen LogP contribution in [0.4, 0.5) is 0 Å². The number of rotatable bonds is 3. The maximum absolute atomic E-state index is 11.7. The number of hydrogen-bond acceptors (Lipinski definition) is 2. The van der Waals surface area contributed by atoms with Crippen LogP contribution < -0.4 is 0 Å². The molecule has 0 aliphatic heterocycles. The van der Waals surface area contributed by atoms with Gasteiger partial charge < -0.3 is 0 Å². The van der Waals surface area contributed by atoms with Gasteiger partial charge >= 0.3 is 0 Å². The number of ketones is 1. The predicted octanol–water partition coefficient (Wildman–Crippen LogP) is 3.76. The standard InChI is InChI=1S/C12H19N3O/c13-15-14-12(7-2-1-3-8-12)9-10-5-4-6-11(10)16/h10H,1-9H2. The van der Waals surface area contributed by atoms with Crippen molar-refractivity contribution >= 4 is 5.78 Å². The second-order valence-corrected chi connectivity index (χ2v) is 5.23. The van der Waals surface area contributed by atoms with E-state index in [0.29, 0.717) is 5.78 Å². The summed E-state index contributed by atoms with van der Waals surface area (Å²) in [5, 5.41) is 4.04.